The lowest BCUT2D eigenvalue weighted by Crippen LogP contribution is -2.24. The Morgan fingerprint density at radius 3 is 2.56 bits per heavy atom. The van der Waals surface area contributed by atoms with Crippen LogP contribution in [0, 0.1) is 17.3 Å². The van der Waals surface area contributed by atoms with Crippen molar-refractivity contribution in [2.75, 3.05) is 0 Å². The Bertz CT molecular complexity index is 733. The summed E-state index contributed by atoms with van der Waals surface area (Å²) in [5.41, 5.74) is 13.7. The zero-order valence-electron chi connectivity index (χ0n) is 16.9. The van der Waals surface area contributed by atoms with Crippen LogP contribution in [0.2, 0.25) is 0 Å². The first-order valence-corrected chi connectivity index (χ1v) is 9.94. The smallest absolute Gasteiger partial charge is 0.138 e. The quantitative estimate of drug-likeness (QED) is 0.695. The second-order valence-electron chi connectivity index (χ2n) is 7.90. The van der Waals surface area contributed by atoms with Crippen LogP contribution in [0.4, 0.5) is 8.78 Å². The summed E-state index contributed by atoms with van der Waals surface area (Å²) in [4.78, 5) is 12.1. The van der Waals surface area contributed by atoms with Gasteiger partial charge < -0.3 is 11.5 Å². The van der Waals surface area contributed by atoms with Crippen LogP contribution in [0.1, 0.15) is 66.2 Å². The van der Waals surface area contributed by atoms with Gasteiger partial charge in [0.1, 0.15) is 17.4 Å². The predicted molar refractivity (Wildman–Crippen MR) is 106 cm³/mol. The van der Waals surface area contributed by atoms with E-state index in [-0.39, 0.29) is 34.8 Å². The fourth-order valence-electron chi connectivity index (χ4n) is 4.15. The van der Waals surface area contributed by atoms with Gasteiger partial charge in [0.05, 0.1) is 11.5 Å². The molecule has 0 spiro atoms. The van der Waals surface area contributed by atoms with Gasteiger partial charge in [0.15, 0.2) is 0 Å². The van der Waals surface area contributed by atoms with Gasteiger partial charge in [-0.05, 0) is 68.1 Å². The van der Waals surface area contributed by atoms with Crippen LogP contribution in [0.5, 0.6) is 0 Å². The lowest BCUT2D eigenvalue weighted by molar-refractivity contribution is -0.120. The van der Waals surface area contributed by atoms with Crippen molar-refractivity contribution in [3.05, 3.63) is 46.3 Å². The van der Waals surface area contributed by atoms with Crippen molar-refractivity contribution in [3.63, 3.8) is 0 Å². The van der Waals surface area contributed by atoms with Crippen molar-refractivity contribution >= 4 is 5.78 Å². The van der Waals surface area contributed by atoms with Gasteiger partial charge in [-0.2, -0.15) is 0 Å². The van der Waals surface area contributed by atoms with Gasteiger partial charge in [-0.25, -0.2) is 8.78 Å². The number of fused-ring (bicyclic) bond motifs is 1. The maximum absolute atomic E-state index is 14.1. The summed E-state index contributed by atoms with van der Waals surface area (Å²) in [6.45, 7) is 7.78. The molecule has 0 aromatic rings. The molecular formula is C22H32F2N2O. The normalized spacial score (nSPS) is 33.9. The second-order valence-corrected chi connectivity index (χ2v) is 7.90. The molecule has 3 rings (SSSR count). The first-order chi connectivity index (χ1) is 12.7. The van der Waals surface area contributed by atoms with Crippen LogP contribution >= 0.6 is 0 Å². The number of ketones is 1. The molecule has 3 atom stereocenters. The lowest BCUT2D eigenvalue weighted by Gasteiger charge is -2.24. The number of carbonyl (C=O) groups is 1. The summed E-state index contributed by atoms with van der Waals surface area (Å²) in [5.74, 6) is -0.929. The fourth-order valence-corrected chi connectivity index (χ4v) is 4.15. The minimum Gasteiger partial charge on any atom is -0.401 e. The van der Waals surface area contributed by atoms with Crippen molar-refractivity contribution in [1.82, 2.24) is 0 Å². The van der Waals surface area contributed by atoms with Crippen molar-refractivity contribution in [2.45, 2.75) is 66.2 Å². The van der Waals surface area contributed by atoms with E-state index in [0.717, 1.165) is 24.8 Å². The Balaban J connectivity index is 0.00000126. The summed E-state index contributed by atoms with van der Waals surface area (Å²) >= 11 is 0. The number of Topliss-reactive ketones (excluding diaryl/α,β-unsaturated/α-hetero) is 1. The average molecular weight is 379 g/mol. The zero-order chi connectivity index (χ0) is 20.4. The van der Waals surface area contributed by atoms with Gasteiger partial charge >= 0.3 is 0 Å². The molecule has 5 heteroatoms. The standard InChI is InChI=1S/C20H26F2N2O.C2H6/c1-11(25)14-9-13-10-20(13,2)7-6-12(19(14)24)8-17(23)18-15(21)4-3-5-16(18)22;1-2/h4,8,13-14H,3,5-7,9-10,23-24H2,1-2H3;1-2H3/b17-8-,19-12-;. The molecule has 3 aliphatic carbocycles. The summed E-state index contributed by atoms with van der Waals surface area (Å²) < 4.78 is 28.1. The molecule has 0 heterocycles. The molecule has 0 amide bonds. The number of carbonyl (C=O) groups excluding carboxylic acids is 1. The highest BCUT2D eigenvalue weighted by atomic mass is 19.1. The van der Waals surface area contributed by atoms with Gasteiger partial charge in [0.25, 0.3) is 0 Å². The van der Waals surface area contributed by atoms with Gasteiger partial charge in [0.2, 0.25) is 0 Å². The van der Waals surface area contributed by atoms with E-state index in [1.54, 1.807) is 13.0 Å². The van der Waals surface area contributed by atoms with Crippen LogP contribution in [-0.2, 0) is 4.79 Å². The molecule has 0 aromatic carbocycles. The van der Waals surface area contributed by atoms with Crippen LogP contribution in [0.25, 0.3) is 0 Å². The van der Waals surface area contributed by atoms with Crippen molar-refractivity contribution in [2.24, 2.45) is 28.7 Å². The second kappa shape index (κ2) is 8.41. The highest BCUT2D eigenvalue weighted by molar-refractivity contribution is 5.81. The SMILES string of the molecule is CC.CC(=O)C1CC2CC2(C)CCC(/C=C(\N)C2=C(F)CCC=C2F)=C\1N. The first kappa shape index (κ1) is 21.4. The first-order valence-electron chi connectivity index (χ1n) is 9.94. The van der Waals surface area contributed by atoms with E-state index in [1.807, 2.05) is 13.8 Å². The van der Waals surface area contributed by atoms with E-state index >= 15 is 0 Å². The summed E-state index contributed by atoms with van der Waals surface area (Å²) in [6.07, 6.45) is 6.89. The van der Waals surface area contributed by atoms with Gasteiger partial charge in [-0.1, -0.05) is 20.8 Å². The topological polar surface area (TPSA) is 69.1 Å². The predicted octanol–water partition coefficient (Wildman–Crippen LogP) is 5.35. The van der Waals surface area contributed by atoms with Crippen molar-refractivity contribution in [1.29, 1.82) is 0 Å². The number of rotatable bonds is 3. The number of nitrogens with two attached hydrogens (primary N) is 2. The molecule has 3 nitrogen and oxygen atoms in total. The Hall–Kier alpha value is -1.91. The highest BCUT2D eigenvalue weighted by Gasteiger charge is 2.51. The molecule has 4 N–H and O–H groups in total. The maximum Gasteiger partial charge on any atom is 0.138 e. The minimum absolute atomic E-state index is 0.0345. The van der Waals surface area contributed by atoms with Crippen LogP contribution in [0.15, 0.2) is 46.3 Å². The highest BCUT2D eigenvalue weighted by Crippen LogP contribution is 2.60. The molecule has 0 saturated heterocycles. The molecule has 3 aliphatic rings. The van der Waals surface area contributed by atoms with Crippen LogP contribution < -0.4 is 11.5 Å². The van der Waals surface area contributed by atoms with E-state index in [0.29, 0.717) is 24.5 Å². The number of hydrogen-bond donors (Lipinski definition) is 2. The van der Waals surface area contributed by atoms with E-state index < -0.39 is 11.7 Å². The van der Waals surface area contributed by atoms with E-state index in [4.69, 9.17) is 11.5 Å². The largest absolute Gasteiger partial charge is 0.401 e. The third kappa shape index (κ3) is 4.50. The summed E-state index contributed by atoms with van der Waals surface area (Å²) in [7, 11) is 0. The van der Waals surface area contributed by atoms with Crippen molar-refractivity contribution < 1.29 is 13.6 Å². The molecule has 0 radical (unpaired) electrons. The molecule has 1 fully saturated rings. The fraction of sp³-hybridized carbons (Fsp3) is 0.591. The van der Waals surface area contributed by atoms with Gasteiger partial charge in [-0.15, -0.1) is 0 Å². The number of allylic oxidation sites excluding steroid dienone is 6. The molecular weight excluding hydrogens is 346 g/mol. The zero-order valence-corrected chi connectivity index (χ0v) is 16.9. The monoisotopic (exact) mass is 378 g/mol. The van der Waals surface area contributed by atoms with E-state index in [9.17, 15) is 13.6 Å². The Labute approximate surface area is 161 Å². The van der Waals surface area contributed by atoms with Gasteiger partial charge in [-0.3, -0.25) is 4.79 Å². The summed E-state index contributed by atoms with van der Waals surface area (Å²) in [5, 5.41) is 0. The summed E-state index contributed by atoms with van der Waals surface area (Å²) in [6, 6.07) is 0. The maximum atomic E-state index is 14.1. The molecule has 0 aliphatic heterocycles. The third-order valence-electron chi connectivity index (χ3n) is 6.08. The Morgan fingerprint density at radius 1 is 1.30 bits per heavy atom. The molecule has 0 bridgehead atoms. The van der Waals surface area contributed by atoms with Gasteiger partial charge in [0, 0.05) is 17.8 Å². The number of halogens is 2. The third-order valence-corrected chi connectivity index (χ3v) is 6.08. The minimum atomic E-state index is -0.625. The lowest BCUT2D eigenvalue weighted by atomic mass is 9.83. The van der Waals surface area contributed by atoms with E-state index in [1.165, 1.54) is 6.08 Å². The molecule has 3 unspecified atom stereocenters. The Morgan fingerprint density at radius 2 is 1.96 bits per heavy atom. The average Bonchev–Trinajstić information content (AvgIpc) is 3.25. The number of hydrogen-bond acceptors (Lipinski definition) is 3. The molecule has 0 aromatic heterocycles. The molecule has 27 heavy (non-hydrogen) atoms. The van der Waals surface area contributed by atoms with E-state index in [2.05, 4.69) is 6.92 Å². The van der Waals surface area contributed by atoms with Crippen LogP contribution in [0.3, 0.4) is 0 Å². The van der Waals surface area contributed by atoms with Crippen molar-refractivity contribution in [3.8, 4) is 0 Å². The molecule has 150 valence electrons. The Kier molecular flexibility index (Phi) is 6.66. The molecule has 1 saturated carbocycles. The van der Waals surface area contributed by atoms with Crippen LogP contribution in [-0.4, -0.2) is 5.78 Å².